The van der Waals surface area contributed by atoms with Crippen molar-refractivity contribution in [2.75, 3.05) is 25.1 Å². The van der Waals surface area contributed by atoms with Gasteiger partial charge in [0.25, 0.3) is 0 Å². The monoisotopic (exact) mass is 458 g/mol. The summed E-state index contributed by atoms with van der Waals surface area (Å²) in [6.45, 7) is 2.85. The van der Waals surface area contributed by atoms with Gasteiger partial charge in [0, 0.05) is 16.2 Å². The van der Waals surface area contributed by atoms with Gasteiger partial charge in [0.15, 0.2) is 17.3 Å². The lowest BCUT2D eigenvalue weighted by atomic mass is 10.0. The van der Waals surface area contributed by atoms with Crippen molar-refractivity contribution in [3.05, 3.63) is 58.3 Å². The Morgan fingerprint density at radius 3 is 2.55 bits per heavy atom. The number of aryl methyl sites for hydroxylation is 1. The number of hydrogen-bond acceptors (Lipinski definition) is 7. The number of aromatic nitrogens is 3. The third kappa shape index (κ3) is 4.19. The van der Waals surface area contributed by atoms with Crippen LogP contribution >= 0.6 is 15.9 Å². The van der Waals surface area contributed by atoms with Crippen molar-refractivity contribution >= 4 is 27.5 Å². The molecule has 1 aromatic carbocycles. The van der Waals surface area contributed by atoms with Gasteiger partial charge in [-0.15, -0.1) is 0 Å². The molecular formula is C20H16BrFN4O3. The van der Waals surface area contributed by atoms with Crippen molar-refractivity contribution < 1.29 is 18.7 Å². The molecule has 0 atom stereocenters. The smallest absolute Gasteiger partial charge is 0.203 e. The van der Waals surface area contributed by atoms with E-state index in [0.717, 1.165) is 16.9 Å². The van der Waals surface area contributed by atoms with E-state index in [4.69, 9.17) is 9.47 Å². The second kappa shape index (κ2) is 8.12. The van der Waals surface area contributed by atoms with Gasteiger partial charge in [-0.25, -0.2) is 14.4 Å². The van der Waals surface area contributed by atoms with Crippen molar-refractivity contribution in [2.24, 2.45) is 0 Å². The van der Waals surface area contributed by atoms with Crippen molar-refractivity contribution in [2.45, 2.75) is 6.92 Å². The highest BCUT2D eigenvalue weighted by Gasteiger charge is 2.17. The molecule has 1 N–H and O–H groups in total. The first-order chi connectivity index (χ1) is 14.0. The van der Waals surface area contributed by atoms with Crippen LogP contribution in [0.25, 0.3) is 11.3 Å². The molecule has 3 aromatic rings. The van der Waals surface area contributed by atoms with E-state index in [0.29, 0.717) is 34.9 Å². The molecule has 0 unspecified atom stereocenters. The van der Waals surface area contributed by atoms with Crippen LogP contribution in [0.15, 0.2) is 41.3 Å². The number of fused-ring (bicyclic) bond motifs is 1. The zero-order valence-electron chi connectivity index (χ0n) is 15.4. The Morgan fingerprint density at radius 1 is 1.10 bits per heavy atom. The maximum Gasteiger partial charge on any atom is 0.203 e. The summed E-state index contributed by atoms with van der Waals surface area (Å²) in [6, 6.07) is 4.99. The van der Waals surface area contributed by atoms with Gasteiger partial charge in [-0.2, -0.15) is 0 Å². The number of carbonyl (C=O) groups excluding carboxylic acids is 1. The van der Waals surface area contributed by atoms with E-state index in [1.807, 2.05) is 19.1 Å². The van der Waals surface area contributed by atoms with Crippen LogP contribution in [0, 0.1) is 12.7 Å². The lowest BCUT2D eigenvalue weighted by Crippen LogP contribution is -2.17. The molecule has 0 bridgehead atoms. The van der Waals surface area contributed by atoms with E-state index in [9.17, 15) is 9.18 Å². The number of halogens is 2. The van der Waals surface area contributed by atoms with Crippen LogP contribution in [0.1, 0.15) is 16.1 Å². The molecule has 7 nitrogen and oxygen atoms in total. The van der Waals surface area contributed by atoms with Crippen LogP contribution in [-0.4, -0.2) is 40.5 Å². The summed E-state index contributed by atoms with van der Waals surface area (Å²) in [6.07, 6.45) is 4.49. The van der Waals surface area contributed by atoms with Crippen LogP contribution in [0.3, 0.4) is 0 Å². The molecule has 0 amide bonds. The lowest BCUT2D eigenvalue weighted by Gasteiger charge is -2.20. The molecule has 29 heavy (non-hydrogen) atoms. The Balaban J connectivity index is 1.46. The highest BCUT2D eigenvalue weighted by Crippen LogP contribution is 2.36. The largest absolute Gasteiger partial charge is 0.486 e. The molecule has 9 heteroatoms. The van der Waals surface area contributed by atoms with Crippen molar-refractivity contribution in [1.29, 1.82) is 0 Å². The van der Waals surface area contributed by atoms with Gasteiger partial charge in [0.1, 0.15) is 24.7 Å². The van der Waals surface area contributed by atoms with Gasteiger partial charge in [-0.1, -0.05) is 0 Å². The lowest BCUT2D eigenvalue weighted by molar-refractivity contribution is 0.0997. The van der Waals surface area contributed by atoms with Crippen molar-refractivity contribution in [3.8, 4) is 22.8 Å². The first-order valence-electron chi connectivity index (χ1n) is 8.82. The summed E-state index contributed by atoms with van der Waals surface area (Å²) < 4.78 is 25.5. The number of anilines is 1. The summed E-state index contributed by atoms with van der Waals surface area (Å²) >= 11 is 3.11. The third-order valence-corrected chi connectivity index (χ3v) is 4.75. The zero-order chi connectivity index (χ0) is 20.4. The molecule has 0 spiro atoms. The Labute approximate surface area is 174 Å². The van der Waals surface area contributed by atoms with Gasteiger partial charge < -0.3 is 14.8 Å². The number of ketones is 1. The molecular weight excluding hydrogens is 443 g/mol. The predicted octanol–water partition coefficient (Wildman–Crippen LogP) is 3.81. The van der Waals surface area contributed by atoms with Crippen LogP contribution in [-0.2, 0) is 0 Å². The van der Waals surface area contributed by atoms with Gasteiger partial charge in [-0.3, -0.25) is 9.78 Å². The van der Waals surface area contributed by atoms with Gasteiger partial charge >= 0.3 is 0 Å². The molecule has 0 saturated carbocycles. The van der Waals surface area contributed by atoms with Gasteiger partial charge in [0.05, 0.1) is 24.6 Å². The standard InChI is InChI=1S/C20H16BrFN4O3/c1-11-4-17-18(29-3-2-28-17)6-13(11)15-8-24-19(10-23-15)25-9-16(27)20-14(22)5-12(21)7-26-20/h4-8,10H,2-3,9H2,1H3,(H,24,25). The van der Waals surface area contributed by atoms with E-state index in [1.165, 1.54) is 18.5 Å². The minimum atomic E-state index is -0.679. The van der Waals surface area contributed by atoms with E-state index in [1.54, 1.807) is 6.20 Å². The minimum absolute atomic E-state index is 0.150. The van der Waals surface area contributed by atoms with Crippen LogP contribution in [0.2, 0.25) is 0 Å². The number of Topliss-reactive ketones (excluding diaryl/α,β-unsaturated/α-hetero) is 1. The van der Waals surface area contributed by atoms with Gasteiger partial charge in [-0.05, 0) is 46.6 Å². The third-order valence-electron chi connectivity index (χ3n) is 4.32. The van der Waals surface area contributed by atoms with Crippen LogP contribution in [0.4, 0.5) is 10.2 Å². The van der Waals surface area contributed by atoms with Crippen molar-refractivity contribution in [3.63, 3.8) is 0 Å². The van der Waals surface area contributed by atoms with E-state index in [-0.39, 0.29) is 12.2 Å². The van der Waals surface area contributed by atoms with Crippen LogP contribution < -0.4 is 14.8 Å². The van der Waals surface area contributed by atoms with Gasteiger partial charge in [0.2, 0.25) is 5.78 Å². The van der Waals surface area contributed by atoms with E-state index < -0.39 is 11.6 Å². The second-order valence-corrected chi connectivity index (χ2v) is 7.27. The normalized spacial score (nSPS) is 12.5. The maximum atomic E-state index is 13.8. The molecule has 2 aromatic heterocycles. The fourth-order valence-corrected chi connectivity index (χ4v) is 3.20. The number of nitrogens with zero attached hydrogens (tertiary/aromatic N) is 3. The maximum absolute atomic E-state index is 13.8. The number of carbonyl (C=O) groups is 1. The number of benzene rings is 1. The number of ether oxygens (including phenoxy) is 2. The SMILES string of the molecule is Cc1cc2c(cc1-c1cnc(NCC(=O)c3ncc(Br)cc3F)cn1)OCCO2. The predicted molar refractivity (Wildman–Crippen MR) is 108 cm³/mol. The molecule has 3 heterocycles. The van der Waals surface area contributed by atoms with Crippen molar-refractivity contribution in [1.82, 2.24) is 15.0 Å². The summed E-state index contributed by atoms with van der Waals surface area (Å²) in [5.41, 5.74) is 2.30. The second-order valence-electron chi connectivity index (χ2n) is 6.36. The Bertz CT molecular complexity index is 1080. The Hall–Kier alpha value is -3.07. The Kier molecular flexibility index (Phi) is 5.39. The fourth-order valence-electron chi connectivity index (χ4n) is 2.90. The highest BCUT2D eigenvalue weighted by molar-refractivity contribution is 9.10. The quantitative estimate of drug-likeness (QED) is 0.581. The average Bonchev–Trinajstić information content (AvgIpc) is 2.72. The summed E-state index contributed by atoms with van der Waals surface area (Å²) in [5.74, 6) is 0.631. The summed E-state index contributed by atoms with van der Waals surface area (Å²) in [5, 5.41) is 2.84. The zero-order valence-corrected chi connectivity index (χ0v) is 17.0. The average molecular weight is 459 g/mol. The van der Waals surface area contributed by atoms with E-state index >= 15 is 0 Å². The number of nitrogens with one attached hydrogen (secondary N) is 1. The molecule has 0 aliphatic carbocycles. The fraction of sp³-hybridized carbons (Fsp3) is 0.200. The molecule has 148 valence electrons. The molecule has 4 rings (SSSR count). The van der Waals surface area contributed by atoms with E-state index in [2.05, 4.69) is 36.2 Å². The number of hydrogen-bond donors (Lipinski definition) is 1. The molecule has 1 aliphatic heterocycles. The first-order valence-corrected chi connectivity index (χ1v) is 9.61. The topological polar surface area (TPSA) is 86.2 Å². The number of pyridine rings is 1. The minimum Gasteiger partial charge on any atom is -0.486 e. The summed E-state index contributed by atoms with van der Waals surface area (Å²) in [4.78, 5) is 24.7. The summed E-state index contributed by atoms with van der Waals surface area (Å²) in [7, 11) is 0. The Morgan fingerprint density at radius 2 is 1.86 bits per heavy atom. The molecule has 0 fully saturated rings. The van der Waals surface area contributed by atoms with Crippen LogP contribution in [0.5, 0.6) is 11.5 Å². The first kappa shape index (κ1) is 19.3. The molecule has 0 radical (unpaired) electrons. The number of rotatable bonds is 5. The molecule has 1 aliphatic rings. The highest BCUT2D eigenvalue weighted by atomic mass is 79.9. The molecule has 0 saturated heterocycles.